The molecule has 0 heterocycles. The van der Waals surface area contributed by atoms with E-state index >= 15 is 0 Å². The third-order valence-electron chi connectivity index (χ3n) is 2.36. The molecular formula is C13H10Br2FNO. The van der Waals surface area contributed by atoms with E-state index in [4.69, 9.17) is 10.5 Å². The maximum atomic E-state index is 13.3. The summed E-state index contributed by atoms with van der Waals surface area (Å²) in [7, 11) is 0. The van der Waals surface area contributed by atoms with Crippen LogP contribution in [-0.4, -0.2) is 0 Å². The SMILES string of the molecule is Nc1cc(COc2ccc(Br)c(F)c2)ccc1Br. The Bertz CT molecular complexity index is 523. The highest BCUT2D eigenvalue weighted by molar-refractivity contribution is 9.10. The molecule has 0 aromatic heterocycles. The Hall–Kier alpha value is -1.07. The van der Waals surface area contributed by atoms with Gasteiger partial charge in [-0.1, -0.05) is 6.07 Å². The van der Waals surface area contributed by atoms with Crippen LogP contribution >= 0.6 is 31.9 Å². The second-order valence-corrected chi connectivity index (χ2v) is 5.43. The number of benzene rings is 2. The molecule has 0 amide bonds. The molecule has 2 aromatic carbocycles. The molecule has 0 unspecified atom stereocenters. The van der Waals surface area contributed by atoms with Crippen LogP contribution in [0.3, 0.4) is 0 Å². The molecule has 0 aliphatic heterocycles. The molecule has 2 N–H and O–H groups in total. The minimum atomic E-state index is -0.345. The Labute approximate surface area is 121 Å². The Balaban J connectivity index is 2.06. The molecule has 0 bridgehead atoms. The fourth-order valence-electron chi connectivity index (χ4n) is 1.42. The molecule has 0 saturated carbocycles. The van der Waals surface area contributed by atoms with Gasteiger partial charge in [-0.3, -0.25) is 0 Å². The van der Waals surface area contributed by atoms with Gasteiger partial charge in [-0.15, -0.1) is 0 Å². The zero-order valence-corrected chi connectivity index (χ0v) is 12.5. The zero-order chi connectivity index (χ0) is 13.1. The van der Waals surface area contributed by atoms with Crippen molar-refractivity contribution in [3.05, 3.63) is 56.7 Å². The molecule has 2 rings (SSSR count). The minimum Gasteiger partial charge on any atom is -0.489 e. The zero-order valence-electron chi connectivity index (χ0n) is 9.29. The fourth-order valence-corrected chi connectivity index (χ4v) is 1.91. The molecule has 0 atom stereocenters. The third-order valence-corrected chi connectivity index (χ3v) is 3.72. The van der Waals surface area contributed by atoms with E-state index in [2.05, 4.69) is 31.9 Å². The number of ether oxygens (including phenoxy) is 1. The highest BCUT2D eigenvalue weighted by Crippen LogP contribution is 2.23. The van der Waals surface area contributed by atoms with E-state index in [9.17, 15) is 4.39 Å². The molecule has 94 valence electrons. The second-order valence-electron chi connectivity index (χ2n) is 3.72. The van der Waals surface area contributed by atoms with Crippen molar-refractivity contribution in [3.63, 3.8) is 0 Å². The van der Waals surface area contributed by atoms with E-state index in [-0.39, 0.29) is 5.82 Å². The van der Waals surface area contributed by atoms with Crippen molar-refractivity contribution < 1.29 is 9.13 Å². The summed E-state index contributed by atoms with van der Waals surface area (Å²) in [6.07, 6.45) is 0. The second kappa shape index (κ2) is 5.71. The molecule has 2 aromatic rings. The van der Waals surface area contributed by atoms with Gasteiger partial charge in [0.1, 0.15) is 18.2 Å². The van der Waals surface area contributed by atoms with E-state index in [1.807, 2.05) is 18.2 Å². The average molecular weight is 375 g/mol. The first kappa shape index (κ1) is 13.4. The maximum Gasteiger partial charge on any atom is 0.141 e. The molecule has 18 heavy (non-hydrogen) atoms. The summed E-state index contributed by atoms with van der Waals surface area (Å²) in [4.78, 5) is 0. The molecule has 0 spiro atoms. The third kappa shape index (κ3) is 3.23. The highest BCUT2D eigenvalue weighted by Gasteiger charge is 2.03. The molecule has 0 radical (unpaired) electrons. The summed E-state index contributed by atoms with van der Waals surface area (Å²) in [5.74, 6) is 0.139. The fraction of sp³-hybridized carbons (Fsp3) is 0.0769. The summed E-state index contributed by atoms with van der Waals surface area (Å²) < 4.78 is 20.0. The van der Waals surface area contributed by atoms with Gasteiger partial charge >= 0.3 is 0 Å². The van der Waals surface area contributed by atoms with Crippen LogP contribution in [0.15, 0.2) is 45.3 Å². The summed E-state index contributed by atoms with van der Waals surface area (Å²) >= 11 is 6.41. The monoisotopic (exact) mass is 373 g/mol. The van der Waals surface area contributed by atoms with Crippen molar-refractivity contribution in [2.75, 3.05) is 5.73 Å². The normalized spacial score (nSPS) is 10.4. The number of anilines is 1. The minimum absolute atomic E-state index is 0.345. The van der Waals surface area contributed by atoms with Gasteiger partial charge in [0.2, 0.25) is 0 Å². The van der Waals surface area contributed by atoms with Crippen molar-refractivity contribution in [2.24, 2.45) is 0 Å². The van der Waals surface area contributed by atoms with Gasteiger partial charge in [0.05, 0.1) is 4.47 Å². The lowest BCUT2D eigenvalue weighted by Crippen LogP contribution is -1.97. The van der Waals surface area contributed by atoms with Gasteiger partial charge in [-0.25, -0.2) is 4.39 Å². The number of hydrogen-bond acceptors (Lipinski definition) is 2. The summed E-state index contributed by atoms with van der Waals surface area (Å²) in [5.41, 5.74) is 7.35. The molecule has 0 aliphatic carbocycles. The quantitative estimate of drug-likeness (QED) is 0.802. The average Bonchev–Trinajstić information content (AvgIpc) is 2.35. The molecule has 0 aliphatic rings. The van der Waals surface area contributed by atoms with E-state index in [0.29, 0.717) is 22.5 Å². The van der Waals surface area contributed by atoms with Gasteiger partial charge in [-0.05, 0) is 61.7 Å². The maximum absolute atomic E-state index is 13.3. The smallest absolute Gasteiger partial charge is 0.141 e. The van der Waals surface area contributed by atoms with E-state index in [1.54, 1.807) is 12.1 Å². The molecular weight excluding hydrogens is 365 g/mol. The Morgan fingerprint density at radius 2 is 1.78 bits per heavy atom. The molecule has 2 nitrogen and oxygen atoms in total. The summed E-state index contributed by atoms with van der Waals surface area (Å²) in [6.45, 7) is 0.346. The van der Waals surface area contributed by atoms with Crippen LogP contribution in [0.4, 0.5) is 10.1 Å². The summed E-state index contributed by atoms with van der Waals surface area (Å²) in [6, 6.07) is 10.2. The van der Waals surface area contributed by atoms with Gasteiger partial charge < -0.3 is 10.5 Å². The van der Waals surface area contributed by atoms with Crippen molar-refractivity contribution in [3.8, 4) is 5.75 Å². The predicted molar refractivity (Wildman–Crippen MR) is 77.0 cm³/mol. The van der Waals surface area contributed by atoms with E-state index in [0.717, 1.165) is 10.0 Å². The van der Waals surface area contributed by atoms with E-state index < -0.39 is 0 Å². The number of rotatable bonds is 3. The van der Waals surface area contributed by atoms with Gasteiger partial charge in [0.25, 0.3) is 0 Å². The Morgan fingerprint density at radius 3 is 2.44 bits per heavy atom. The number of nitrogen functional groups attached to an aromatic ring is 1. The topological polar surface area (TPSA) is 35.2 Å². The van der Waals surface area contributed by atoms with Crippen molar-refractivity contribution in [1.29, 1.82) is 0 Å². The largest absolute Gasteiger partial charge is 0.489 e. The van der Waals surface area contributed by atoms with Gasteiger partial charge in [0.15, 0.2) is 0 Å². The van der Waals surface area contributed by atoms with Crippen LogP contribution in [0.25, 0.3) is 0 Å². The first-order valence-corrected chi connectivity index (χ1v) is 6.76. The van der Waals surface area contributed by atoms with Crippen LogP contribution < -0.4 is 10.5 Å². The van der Waals surface area contributed by atoms with Crippen molar-refractivity contribution in [2.45, 2.75) is 6.61 Å². The Morgan fingerprint density at radius 1 is 1.06 bits per heavy atom. The number of hydrogen-bond donors (Lipinski definition) is 1. The highest BCUT2D eigenvalue weighted by atomic mass is 79.9. The van der Waals surface area contributed by atoms with E-state index in [1.165, 1.54) is 6.07 Å². The molecule has 0 fully saturated rings. The number of halogens is 3. The number of nitrogens with two attached hydrogens (primary N) is 1. The van der Waals surface area contributed by atoms with Crippen molar-refractivity contribution >= 4 is 37.5 Å². The molecule has 5 heteroatoms. The van der Waals surface area contributed by atoms with Crippen LogP contribution in [0.2, 0.25) is 0 Å². The van der Waals surface area contributed by atoms with Crippen LogP contribution in [0.1, 0.15) is 5.56 Å². The standard InChI is InChI=1S/C13H10Br2FNO/c14-10-4-2-9(6-12(10)16)18-7-8-1-3-11(15)13(17)5-8/h1-6H,7,17H2. The van der Waals surface area contributed by atoms with Gasteiger partial charge in [-0.2, -0.15) is 0 Å². The van der Waals surface area contributed by atoms with Crippen LogP contribution in [0, 0.1) is 5.82 Å². The first-order valence-electron chi connectivity index (χ1n) is 5.18. The summed E-state index contributed by atoms with van der Waals surface area (Å²) in [5, 5.41) is 0. The van der Waals surface area contributed by atoms with Crippen LogP contribution in [-0.2, 0) is 6.61 Å². The Kier molecular flexibility index (Phi) is 4.24. The first-order chi connectivity index (χ1) is 8.56. The lowest BCUT2D eigenvalue weighted by atomic mass is 10.2. The predicted octanol–water partition coefficient (Wildman–Crippen LogP) is 4.51. The lowest BCUT2D eigenvalue weighted by molar-refractivity contribution is 0.304. The van der Waals surface area contributed by atoms with Crippen molar-refractivity contribution in [1.82, 2.24) is 0 Å². The van der Waals surface area contributed by atoms with Gasteiger partial charge in [0, 0.05) is 16.2 Å². The lowest BCUT2D eigenvalue weighted by Gasteiger charge is -2.08. The van der Waals surface area contributed by atoms with Crippen LogP contribution in [0.5, 0.6) is 5.75 Å². The molecule has 0 saturated heterocycles.